The van der Waals surface area contributed by atoms with Crippen LogP contribution < -0.4 is 15.4 Å². The monoisotopic (exact) mass is 504 g/mol. The Bertz CT molecular complexity index is 1160. The number of nitrogens with one attached hydrogen (secondary N) is 2. The predicted molar refractivity (Wildman–Crippen MR) is 134 cm³/mol. The summed E-state index contributed by atoms with van der Waals surface area (Å²) >= 11 is 0. The zero-order valence-electron chi connectivity index (χ0n) is 20.3. The number of aliphatic hydroxyl groups excluding tert-OH is 1. The number of nitrogens with zero attached hydrogens (tertiary/aromatic N) is 2. The number of aliphatic hydroxyl groups is 1. The Morgan fingerprint density at radius 1 is 1.20 bits per heavy atom. The van der Waals surface area contributed by atoms with Crippen molar-refractivity contribution in [2.24, 2.45) is 5.92 Å². The molecule has 10 nitrogen and oxygen atoms in total. The molecular weight excluding hydrogens is 472 g/mol. The van der Waals surface area contributed by atoms with Crippen molar-refractivity contribution in [3.63, 3.8) is 0 Å². The molecular formula is C24H32N4O6S. The normalized spacial score (nSPS) is 19.3. The molecule has 11 heteroatoms. The topological polar surface area (TPSA) is 128 Å². The van der Waals surface area contributed by atoms with Crippen LogP contribution in [0.2, 0.25) is 0 Å². The molecule has 1 aliphatic rings. The maximum absolute atomic E-state index is 13.5. The first kappa shape index (κ1) is 26.5. The van der Waals surface area contributed by atoms with Gasteiger partial charge in [0, 0.05) is 30.9 Å². The van der Waals surface area contributed by atoms with Gasteiger partial charge in [0.15, 0.2) is 0 Å². The third-order valence-electron chi connectivity index (χ3n) is 5.96. The summed E-state index contributed by atoms with van der Waals surface area (Å²) in [6.07, 6.45) is 0.576. The summed E-state index contributed by atoms with van der Waals surface area (Å²) in [5.74, 6) is -0.298. The smallest absolute Gasteiger partial charge is 0.323 e. The highest BCUT2D eigenvalue weighted by Gasteiger charge is 2.34. The van der Waals surface area contributed by atoms with Crippen LogP contribution in [0.15, 0.2) is 48.5 Å². The van der Waals surface area contributed by atoms with Crippen molar-refractivity contribution >= 4 is 33.3 Å². The lowest BCUT2D eigenvalue weighted by Crippen LogP contribution is -2.50. The van der Waals surface area contributed by atoms with E-state index in [0.29, 0.717) is 11.4 Å². The van der Waals surface area contributed by atoms with Gasteiger partial charge in [0.2, 0.25) is 10.0 Å². The van der Waals surface area contributed by atoms with E-state index in [1.54, 1.807) is 48.2 Å². The summed E-state index contributed by atoms with van der Waals surface area (Å²) in [5, 5.41) is 15.2. The highest BCUT2D eigenvalue weighted by molar-refractivity contribution is 7.88. The maximum atomic E-state index is 13.5. The van der Waals surface area contributed by atoms with Crippen LogP contribution in [-0.4, -0.2) is 79.8 Å². The fourth-order valence-electron chi connectivity index (χ4n) is 3.72. The van der Waals surface area contributed by atoms with Crippen LogP contribution in [0.1, 0.15) is 24.2 Å². The minimum Gasteiger partial charge on any atom is -0.488 e. The fourth-order valence-corrected chi connectivity index (χ4v) is 4.14. The number of carbonyl (C=O) groups is 2. The van der Waals surface area contributed by atoms with Crippen molar-refractivity contribution in [1.29, 1.82) is 0 Å². The largest absolute Gasteiger partial charge is 0.488 e. The number of anilines is 2. The van der Waals surface area contributed by atoms with Crippen molar-refractivity contribution in [3.8, 4) is 5.75 Å². The summed E-state index contributed by atoms with van der Waals surface area (Å²) in [4.78, 5) is 27.4. The molecule has 0 saturated carbocycles. The molecule has 0 aliphatic carbocycles. The highest BCUT2D eigenvalue weighted by atomic mass is 32.2. The van der Waals surface area contributed by atoms with Gasteiger partial charge in [-0.05, 0) is 37.3 Å². The number of fused-ring (bicyclic) bond motifs is 1. The molecule has 35 heavy (non-hydrogen) atoms. The Kier molecular flexibility index (Phi) is 8.36. The number of carbonyl (C=O) groups excluding carboxylic acids is 2. The van der Waals surface area contributed by atoms with Gasteiger partial charge in [0.05, 0.1) is 31.0 Å². The summed E-state index contributed by atoms with van der Waals surface area (Å²) in [5.41, 5.74) is 1.20. The molecule has 1 aliphatic heterocycles. The van der Waals surface area contributed by atoms with E-state index in [1.165, 1.54) is 17.4 Å². The van der Waals surface area contributed by atoms with Gasteiger partial charge in [0.25, 0.3) is 5.91 Å². The minimum absolute atomic E-state index is 0.0917. The van der Waals surface area contributed by atoms with Gasteiger partial charge in [0.1, 0.15) is 11.9 Å². The Labute approximate surface area is 205 Å². The third kappa shape index (κ3) is 6.71. The van der Waals surface area contributed by atoms with Crippen LogP contribution in [0.4, 0.5) is 16.2 Å². The van der Waals surface area contributed by atoms with E-state index in [1.807, 2.05) is 13.0 Å². The molecule has 0 unspecified atom stereocenters. The highest BCUT2D eigenvalue weighted by Crippen LogP contribution is 2.31. The van der Waals surface area contributed by atoms with E-state index in [-0.39, 0.29) is 42.8 Å². The maximum Gasteiger partial charge on any atom is 0.323 e. The fraction of sp³-hybridized carbons (Fsp3) is 0.417. The van der Waals surface area contributed by atoms with Crippen LogP contribution in [0, 0.1) is 5.92 Å². The predicted octanol–water partition coefficient (Wildman–Crippen LogP) is 2.44. The molecule has 2 aromatic rings. The minimum atomic E-state index is -3.44. The summed E-state index contributed by atoms with van der Waals surface area (Å²) < 4.78 is 31.3. The van der Waals surface area contributed by atoms with Gasteiger partial charge in [-0.15, -0.1) is 0 Å². The van der Waals surface area contributed by atoms with E-state index >= 15 is 0 Å². The van der Waals surface area contributed by atoms with Crippen molar-refractivity contribution < 1.29 is 27.9 Å². The second-order valence-corrected chi connectivity index (χ2v) is 10.9. The second-order valence-electron chi connectivity index (χ2n) is 8.82. The van der Waals surface area contributed by atoms with Crippen LogP contribution in [0.5, 0.6) is 5.75 Å². The lowest BCUT2D eigenvalue weighted by molar-refractivity contribution is 0.0387. The van der Waals surface area contributed by atoms with Gasteiger partial charge >= 0.3 is 6.03 Å². The SMILES string of the molecule is C[C@H]1CN([C@@H](C)CO)C(=O)c2cc(NC(=O)Nc3ccccc3)ccc2O[C@@H]1CN(C)S(C)(=O)=O. The first-order chi connectivity index (χ1) is 16.5. The summed E-state index contributed by atoms with van der Waals surface area (Å²) in [6.45, 7) is 3.72. The quantitative estimate of drug-likeness (QED) is 0.531. The first-order valence-corrected chi connectivity index (χ1v) is 13.1. The van der Waals surface area contributed by atoms with Gasteiger partial charge in [-0.2, -0.15) is 0 Å². The van der Waals surface area contributed by atoms with Crippen molar-refractivity contribution in [1.82, 2.24) is 9.21 Å². The molecule has 0 fully saturated rings. The average molecular weight is 505 g/mol. The van der Waals surface area contributed by atoms with E-state index in [4.69, 9.17) is 4.74 Å². The number of hydrogen-bond donors (Lipinski definition) is 3. The van der Waals surface area contributed by atoms with E-state index in [0.717, 1.165) is 6.26 Å². The number of para-hydroxylation sites is 1. The second kappa shape index (κ2) is 11.1. The number of rotatable bonds is 7. The van der Waals surface area contributed by atoms with Gasteiger partial charge in [-0.1, -0.05) is 25.1 Å². The first-order valence-electron chi connectivity index (χ1n) is 11.3. The number of benzene rings is 2. The number of sulfonamides is 1. The molecule has 1 heterocycles. The molecule has 0 bridgehead atoms. The average Bonchev–Trinajstić information content (AvgIpc) is 2.81. The number of hydrogen-bond acceptors (Lipinski definition) is 6. The molecule has 190 valence electrons. The molecule has 0 spiro atoms. The number of likely N-dealkylation sites (N-methyl/N-ethyl adjacent to an activating group) is 1. The zero-order valence-corrected chi connectivity index (χ0v) is 21.1. The molecule has 0 saturated heterocycles. The Balaban J connectivity index is 1.91. The number of urea groups is 1. The molecule has 3 amide bonds. The van der Waals surface area contributed by atoms with Crippen LogP contribution >= 0.6 is 0 Å². The van der Waals surface area contributed by atoms with E-state index in [2.05, 4.69) is 10.6 Å². The Morgan fingerprint density at radius 3 is 2.49 bits per heavy atom. The molecule has 3 rings (SSSR count). The summed E-state index contributed by atoms with van der Waals surface area (Å²) in [7, 11) is -1.96. The molecule has 2 aromatic carbocycles. The van der Waals surface area contributed by atoms with E-state index in [9.17, 15) is 23.1 Å². The zero-order chi connectivity index (χ0) is 25.8. The third-order valence-corrected chi connectivity index (χ3v) is 7.24. The van der Waals surface area contributed by atoms with Gasteiger partial charge < -0.3 is 25.4 Å². The molecule has 3 N–H and O–H groups in total. The summed E-state index contributed by atoms with van der Waals surface area (Å²) in [6, 6.07) is 12.7. The van der Waals surface area contributed by atoms with Crippen LogP contribution in [0.3, 0.4) is 0 Å². The molecule has 3 atom stereocenters. The Morgan fingerprint density at radius 2 is 1.86 bits per heavy atom. The van der Waals surface area contributed by atoms with Crippen LogP contribution in [-0.2, 0) is 10.0 Å². The van der Waals surface area contributed by atoms with Crippen LogP contribution in [0.25, 0.3) is 0 Å². The number of amides is 3. The molecule has 0 aromatic heterocycles. The lowest BCUT2D eigenvalue weighted by atomic mass is 9.99. The lowest BCUT2D eigenvalue weighted by Gasteiger charge is -2.38. The van der Waals surface area contributed by atoms with Gasteiger partial charge in [-0.3, -0.25) is 4.79 Å². The molecule has 0 radical (unpaired) electrons. The Hall–Kier alpha value is -3.15. The van der Waals surface area contributed by atoms with Crippen molar-refractivity contribution in [2.45, 2.75) is 26.0 Å². The van der Waals surface area contributed by atoms with Gasteiger partial charge in [-0.25, -0.2) is 17.5 Å². The standard InChI is InChI=1S/C24H32N4O6S/c1-16-13-28(17(2)15-29)23(30)20-12-19(26-24(31)25-18-8-6-5-7-9-18)10-11-21(20)34-22(16)14-27(3)35(4,32)33/h5-12,16-17,22,29H,13-15H2,1-4H3,(H2,25,26,31)/t16-,17-,22+/m0/s1. The number of ether oxygens (including phenoxy) is 1. The van der Waals surface area contributed by atoms with Crippen molar-refractivity contribution in [3.05, 3.63) is 54.1 Å². The van der Waals surface area contributed by atoms with E-state index < -0.39 is 28.2 Å². The van der Waals surface area contributed by atoms with Crippen molar-refractivity contribution in [2.75, 3.05) is 43.6 Å².